The molecule has 0 atom stereocenters. The molecule has 0 aliphatic heterocycles. The predicted octanol–water partition coefficient (Wildman–Crippen LogP) is 4.04. The number of carbonyl (C=O) groups excluding carboxylic acids is 2. The molecular weight excluding hydrogens is 452 g/mol. The Kier molecular flexibility index (Phi) is 5.86. The van der Waals surface area contributed by atoms with Crippen molar-refractivity contribution in [3.8, 4) is 11.5 Å². The first-order valence-electron chi connectivity index (χ1n) is 7.88. The van der Waals surface area contributed by atoms with E-state index in [1.165, 1.54) is 19.2 Å². The lowest BCUT2D eigenvalue weighted by molar-refractivity contribution is 0.101. The highest BCUT2D eigenvalue weighted by atomic mass is 79.9. The fourth-order valence-electron chi connectivity index (χ4n) is 2.35. The molecule has 2 amide bonds. The summed E-state index contributed by atoms with van der Waals surface area (Å²) in [6, 6.07) is 11.0. The van der Waals surface area contributed by atoms with Crippen LogP contribution in [0.25, 0.3) is 0 Å². The van der Waals surface area contributed by atoms with E-state index < -0.39 is 11.8 Å². The van der Waals surface area contributed by atoms with Crippen molar-refractivity contribution in [2.24, 2.45) is 0 Å². The summed E-state index contributed by atoms with van der Waals surface area (Å²) < 4.78 is 5.22. The minimum absolute atomic E-state index is 0.0183. The van der Waals surface area contributed by atoms with Crippen LogP contribution in [-0.2, 0) is 0 Å². The van der Waals surface area contributed by atoms with E-state index in [0.29, 0.717) is 10.7 Å². The number of phenolic OH excluding ortho intramolecular Hbond substituents is 1. The number of phenols is 1. The second-order valence-electron chi connectivity index (χ2n) is 5.54. The van der Waals surface area contributed by atoms with E-state index in [1.807, 2.05) is 0 Å². The van der Waals surface area contributed by atoms with E-state index in [1.54, 1.807) is 30.3 Å². The van der Waals surface area contributed by atoms with Crippen molar-refractivity contribution in [1.29, 1.82) is 0 Å². The van der Waals surface area contributed by atoms with Crippen LogP contribution in [-0.4, -0.2) is 34.2 Å². The fraction of sp³-hybridized carbons (Fsp3) is 0.0556. The third-order valence-electron chi connectivity index (χ3n) is 3.72. The largest absolute Gasteiger partial charge is 0.504 e. The second kappa shape index (κ2) is 8.32. The average molecular weight is 466 g/mol. The molecule has 0 unspecified atom stereocenters. The number of anilines is 2. The molecule has 0 saturated carbocycles. The Morgan fingerprint density at radius 2 is 1.93 bits per heavy atom. The van der Waals surface area contributed by atoms with Crippen LogP contribution in [0, 0.1) is 0 Å². The summed E-state index contributed by atoms with van der Waals surface area (Å²) in [6.45, 7) is 0. The zero-order chi connectivity index (χ0) is 20.3. The summed E-state index contributed by atoms with van der Waals surface area (Å²) >= 11 is 9.26. The van der Waals surface area contributed by atoms with Crippen molar-refractivity contribution < 1.29 is 19.4 Å². The van der Waals surface area contributed by atoms with Gasteiger partial charge in [0.25, 0.3) is 11.8 Å². The first-order chi connectivity index (χ1) is 13.4. The Morgan fingerprint density at radius 3 is 2.61 bits per heavy atom. The lowest BCUT2D eigenvalue weighted by Crippen LogP contribution is -2.14. The molecule has 3 aromatic rings. The highest BCUT2D eigenvalue weighted by molar-refractivity contribution is 9.10. The number of aromatic hydroxyl groups is 1. The monoisotopic (exact) mass is 464 g/mol. The normalized spacial score (nSPS) is 10.4. The number of hydrogen-bond acceptors (Lipinski definition) is 5. The van der Waals surface area contributed by atoms with Crippen molar-refractivity contribution in [2.75, 3.05) is 17.7 Å². The SMILES string of the molecule is COc1ccc(NC(=O)c2n[nH]c(NC(=O)c3ccccc3Cl)c2Br)cc1O. The summed E-state index contributed by atoms with van der Waals surface area (Å²) in [7, 11) is 1.42. The van der Waals surface area contributed by atoms with Gasteiger partial charge in [-0.2, -0.15) is 5.10 Å². The van der Waals surface area contributed by atoms with Gasteiger partial charge in [-0.3, -0.25) is 14.7 Å². The number of aromatic nitrogens is 2. The number of methoxy groups -OCH3 is 1. The first kappa shape index (κ1) is 19.7. The Labute approximate surface area is 173 Å². The molecule has 0 fully saturated rings. The van der Waals surface area contributed by atoms with Crippen LogP contribution < -0.4 is 15.4 Å². The number of H-pyrrole nitrogens is 1. The average Bonchev–Trinajstić information content (AvgIpc) is 3.02. The Hall–Kier alpha value is -3.04. The van der Waals surface area contributed by atoms with Gasteiger partial charge < -0.3 is 20.5 Å². The number of nitrogens with one attached hydrogen (secondary N) is 3. The summed E-state index contributed by atoms with van der Waals surface area (Å²) in [5, 5.41) is 21.8. The van der Waals surface area contributed by atoms with Gasteiger partial charge >= 0.3 is 0 Å². The molecule has 3 rings (SSSR count). The Balaban J connectivity index is 1.75. The number of benzene rings is 2. The number of carbonyl (C=O) groups is 2. The molecule has 1 heterocycles. The maximum Gasteiger partial charge on any atom is 0.277 e. The van der Waals surface area contributed by atoms with Crippen LogP contribution in [0.2, 0.25) is 5.02 Å². The molecule has 144 valence electrons. The molecule has 28 heavy (non-hydrogen) atoms. The number of aromatic amines is 1. The van der Waals surface area contributed by atoms with Gasteiger partial charge in [0.2, 0.25) is 0 Å². The van der Waals surface area contributed by atoms with E-state index in [9.17, 15) is 14.7 Å². The van der Waals surface area contributed by atoms with Crippen molar-refractivity contribution in [2.45, 2.75) is 0 Å². The van der Waals surface area contributed by atoms with Crippen molar-refractivity contribution >= 4 is 50.9 Å². The van der Waals surface area contributed by atoms with Crippen LogP contribution >= 0.6 is 27.5 Å². The molecule has 10 heteroatoms. The van der Waals surface area contributed by atoms with Gasteiger partial charge in [0.1, 0.15) is 5.82 Å². The van der Waals surface area contributed by atoms with Gasteiger partial charge in [0.15, 0.2) is 17.2 Å². The van der Waals surface area contributed by atoms with E-state index >= 15 is 0 Å². The van der Waals surface area contributed by atoms with Gasteiger partial charge in [-0.05, 0) is 40.2 Å². The zero-order valence-electron chi connectivity index (χ0n) is 14.4. The molecule has 0 radical (unpaired) electrons. The number of halogens is 2. The molecular formula is C18H14BrClN4O4. The molecule has 0 bridgehead atoms. The third kappa shape index (κ3) is 4.10. The van der Waals surface area contributed by atoms with Crippen LogP contribution in [0.15, 0.2) is 46.9 Å². The Morgan fingerprint density at radius 1 is 1.18 bits per heavy atom. The van der Waals surface area contributed by atoms with Gasteiger partial charge in [-0.15, -0.1) is 0 Å². The predicted molar refractivity (Wildman–Crippen MR) is 108 cm³/mol. The molecule has 2 aromatic carbocycles. The smallest absolute Gasteiger partial charge is 0.277 e. The van der Waals surface area contributed by atoms with Crippen LogP contribution in [0.5, 0.6) is 11.5 Å². The van der Waals surface area contributed by atoms with Crippen LogP contribution in [0.4, 0.5) is 11.5 Å². The van der Waals surface area contributed by atoms with Gasteiger partial charge in [-0.1, -0.05) is 23.7 Å². The second-order valence-corrected chi connectivity index (χ2v) is 6.74. The van der Waals surface area contributed by atoms with E-state index in [0.717, 1.165) is 0 Å². The molecule has 0 spiro atoms. The standard InChI is InChI=1S/C18H14BrClN4O4/c1-28-13-7-6-9(8-12(13)25)21-18(27)15-14(19)16(24-23-15)22-17(26)10-4-2-3-5-11(10)20/h2-8,25H,1H3,(H,21,27)(H2,22,23,24,26). The minimum Gasteiger partial charge on any atom is -0.504 e. The van der Waals surface area contributed by atoms with Crippen molar-refractivity contribution in [1.82, 2.24) is 10.2 Å². The summed E-state index contributed by atoms with van der Waals surface area (Å²) in [5.41, 5.74) is 0.648. The maximum atomic E-state index is 12.5. The van der Waals surface area contributed by atoms with Gasteiger partial charge in [0, 0.05) is 11.8 Å². The minimum atomic E-state index is -0.550. The summed E-state index contributed by atoms with van der Waals surface area (Å²) in [6.07, 6.45) is 0. The number of amides is 2. The van der Waals surface area contributed by atoms with Crippen molar-refractivity contribution in [3.63, 3.8) is 0 Å². The zero-order valence-corrected chi connectivity index (χ0v) is 16.8. The highest BCUT2D eigenvalue weighted by Crippen LogP contribution is 2.30. The number of nitrogens with zero attached hydrogens (tertiary/aromatic N) is 1. The third-order valence-corrected chi connectivity index (χ3v) is 4.82. The van der Waals surface area contributed by atoms with E-state index in [4.69, 9.17) is 16.3 Å². The topological polar surface area (TPSA) is 116 Å². The van der Waals surface area contributed by atoms with Gasteiger partial charge in [-0.25, -0.2) is 0 Å². The van der Waals surface area contributed by atoms with E-state index in [-0.39, 0.29) is 33.0 Å². The number of rotatable bonds is 5. The highest BCUT2D eigenvalue weighted by Gasteiger charge is 2.20. The van der Waals surface area contributed by atoms with Crippen LogP contribution in [0.1, 0.15) is 20.8 Å². The molecule has 1 aromatic heterocycles. The number of hydrogen-bond donors (Lipinski definition) is 4. The lowest BCUT2D eigenvalue weighted by Gasteiger charge is -2.07. The number of ether oxygens (including phenoxy) is 1. The fourth-order valence-corrected chi connectivity index (χ4v) is 3.02. The maximum absolute atomic E-state index is 12.5. The lowest BCUT2D eigenvalue weighted by atomic mass is 10.2. The molecule has 0 aliphatic rings. The van der Waals surface area contributed by atoms with Crippen molar-refractivity contribution in [3.05, 3.63) is 63.2 Å². The Bertz CT molecular complexity index is 1050. The van der Waals surface area contributed by atoms with Gasteiger partial charge in [0.05, 0.1) is 22.2 Å². The summed E-state index contributed by atoms with van der Waals surface area (Å²) in [5.74, 6) is -0.641. The van der Waals surface area contributed by atoms with E-state index in [2.05, 4.69) is 36.8 Å². The molecule has 0 saturated heterocycles. The summed E-state index contributed by atoms with van der Waals surface area (Å²) in [4.78, 5) is 24.8. The molecule has 8 nitrogen and oxygen atoms in total. The molecule has 4 N–H and O–H groups in total. The van der Waals surface area contributed by atoms with Crippen LogP contribution in [0.3, 0.4) is 0 Å². The quantitative estimate of drug-likeness (QED) is 0.454. The molecule has 0 aliphatic carbocycles. The first-order valence-corrected chi connectivity index (χ1v) is 9.06.